The molecule has 0 aromatic heterocycles. The first-order valence-electron chi connectivity index (χ1n) is 16.5. The van der Waals surface area contributed by atoms with Gasteiger partial charge < -0.3 is 19.6 Å². The molecule has 2 aliphatic carbocycles. The maximum Gasteiger partial charge on any atom is 0.410 e. The van der Waals surface area contributed by atoms with Gasteiger partial charge in [-0.25, -0.2) is 4.79 Å². The van der Waals surface area contributed by atoms with Gasteiger partial charge in [-0.2, -0.15) is 0 Å². The van der Waals surface area contributed by atoms with Crippen LogP contribution in [-0.4, -0.2) is 81.7 Å². The van der Waals surface area contributed by atoms with Crippen molar-refractivity contribution in [3.05, 3.63) is 65.2 Å². The van der Waals surface area contributed by atoms with Gasteiger partial charge in [-0.15, -0.1) is 0 Å². The lowest BCUT2D eigenvalue weighted by Crippen LogP contribution is -2.50. The summed E-state index contributed by atoms with van der Waals surface area (Å²) < 4.78 is 5.81. The number of benzene rings is 2. The maximum atomic E-state index is 14.0. The average Bonchev–Trinajstić information content (AvgIpc) is 3.69. The molecule has 2 aromatic rings. The second kappa shape index (κ2) is 10.8. The summed E-state index contributed by atoms with van der Waals surface area (Å²) in [7, 11) is 0. The second-order valence-electron chi connectivity index (χ2n) is 14.9. The molecule has 43 heavy (non-hydrogen) atoms. The summed E-state index contributed by atoms with van der Waals surface area (Å²) in [6.07, 6.45) is 8.01. The summed E-state index contributed by atoms with van der Waals surface area (Å²) in [5.74, 6) is 1.38. The van der Waals surface area contributed by atoms with Crippen LogP contribution in [0.4, 0.5) is 4.79 Å². The third kappa shape index (κ3) is 5.11. The summed E-state index contributed by atoms with van der Waals surface area (Å²) in [6, 6.07) is 16.5. The minimum Gasteiger partial charge on any atom is -0.508 e. The topological polar surface area (TPSA) is 73.3 Å². The molecule has 2 bridgehead atoms. The fourth-order valence-corrected chi connectivity index (χ4v) is 9.63. The molecule has 4 unspecified atom stereocenters. The summed E-state index contributed by atoms with van der Waals surface area (Å²) in [5, 5.41) is 10.8. The van der Waals surface area contributed by atoms with Crippen LogP contribution < -0.4 is 0 Å². The molecule has 7 heteroatoms. The van der Waals surface area contributed by atoms with Gasteiger partial charge in [0.25, 0.3) is 5.91 Å². The number of fused-ring (bicyclic) bond motifs is 3. The molecule has 1 saturated carbocycles. The third-order valence-corrected chi connectivity index (χ3v) is 11.3. The van der Waals surface area contributed by atoms with Gasteiger partial charge in [-0.3, -0.25) is 9.69 Å². The normalized spacial score (nSPS) is 32.0. The zero-order valence-corrected chi connectivity index (χ0v) is 26.0. The van der Waals surface area contributed by atoms with Crippen LogP contribution in [0.3, 0.4) is 0 Å². The fraction of sp³-hybridized carbons (Fsp3) is 0.611. The van der Waals surface area contributed by atoms with Crippen molar-refractivity contribution in [2.45, 2.75) is 101 Å². The number of phenols is 1. The van der Waals surface area contributed by atoms with Crippen LogP contribution in [0.25, 0.3) is 0 Å². The van der Waals surface area contributed by atoms with E-state index in [1.54, 1.807) is 0 Å². The molecule has 230 valence electrons. The van der Waals surface area contributed by atoms with Crippen molar-refractivity contribution in [1.29, 1.82) is 0 Å². The number of carbonyl (C=O) groups is 2. The number of nitrogens with zero attached hydrogens (tertiary/aromatic N) is 3. The molecular weight excluding hydrogens is 538 g/mol. The molecule has 6 aliphatic rings. The molecule has 1 N–H and O–H groups in total. The standard InChI is InChI=1S/C36H47N3O4/c1-35(2,3)43-34(42)38-18-7-10-28(38)23-37-19-17-36-16-15-26-22-39(33(41)24-8-5-4-6-9-24)31(32(26)36)14-12-27(37)20-25-11-13-29(40)21-30(25)36/h4-6,8-9,11,13,21,26-28,31-32,40H,7,10,12,14-20,22-23H2,1-3H3/t26-,27?,28+,31?,32?,36?/m1/s1. The minimum atomic E-state index is -0.506. The van der Waals surface area contributed by atoms with Gasteiger partial charge in [0.15, 0.2) is 0 Å². The summed E-state index contributed by atoms with van der Waals surface area (Å²) in [4.78, 5) is 34.0. The molecule has 4 heterocycles. The van der Waals surface area contributed by atoms with E-state index in [1.165, 1.54) is 11.1 Å². The number of hydrogen-bond donors (Lipinski definition) is 1. The number of phenolic OH excluding ortho intramolecular Hbond substituents is 1. The lowest BCUT2D eigenvalue weighted by atomic mass is 9.64. The molecule has 0 radical (unpaired) electrons. The quantitative estimate of drug-likeness (QED) is 0.479. The molecule has 4 fully saturated rings. The van der Waals surface area contributed by atoms with Crippen LogP contribution in [0.1, 0.15) is 87.2 Å². The summed E-state index contributed by atoms with van der Waals surface area (Å²) in [6.45, 7) is 9.23. The second-order valence-corrected chi connectivity index (χ2v) is 14.9. The van der Waals surface area contributed by atoms with E-state index in [4.69, 9.17) is 4.74 Å². The van der Waals surface area contributed by atoms with E-state index in [0.29, 0.717) is 23.6 Å². The van der Waals surface area contributed by atoms with Crippen LogP contribution in [0, 0.1) is 11.8 Å². The maximum absolute atomic E-state index is 14.0. The van der Waals surface area contributed by atoms with Crippen LogP contribution in [-0.2, 0) is 16.6 Å². The van der Waals surface area contributed by atoms with E-state index < -0.39 is 5.60 Å². The van der Waals surface area contributed by atoms with Crippen molar-refractivity contribution in [3.63, 3.8) is 0 Å². The highest BCUT2D eigenvalue weighted by molar-refractivity contribution is 5.94. The Kier molecular flexibility index (Phi) is 7.23. The Bertz CT molecular complexity index is 1370. The first-order valence-corrected chi connectivity index (χ1v) is 16.5. The van der Waals surface area contributed by atoms with E-state index in [2.05, 4.69) is 21.9 Å². The van der Waals surface area contributed by atoms with Gasteiger partial charge in [0.05, 0.1) is 0 Å². The Labute approximate surface area is 256 Å². The first kappa shape index (κ1) is 28.7. The van der Waals surface area contributed by atoms with Gasteiger partial charge in [0.2, 0.25) is 0 Å². The monoisotopic (exact) mass is 585 g/mol. The first-order chi connectivity index (χ1) is 20.6. The Morgan fingerprint density at radius 2 is 1.79 bits per heavy atom. The molecule has 2 amide bonds. The Hall–Kier alpha value is -3.06. The number of likely N-dealkylation sites (tertiary alicyclic amines) is 2. The van der Waals surface area contributed by atoms with Crippen molar-refractivity contribution in [2.75, 3.05) is 26.2 Å². The summed E-state index contributed by atoms with van der Waals surface area (Å²) >= 11 is 0. The van der Waals surface area contributed by atoms with Crippen molar-refractivity contribution >= 4 is 12.0 Å². The molecule has 1 spiro atoms. The molecule has 2 aromatic carbocycles. The number of aromatic hydroxyl groups is 1. The van der Waals surface area contributed by atoms with Crippen molar-refractivity contribution in [2.24, 2.45) is 11.8 Å². The van der Waals surface area contributed by atoms with Crippen molar-refractivity contribution in [1.82, 2.24) is 14.7 Å². The fourth-order valence-electron chi connectivity index (χ4n) is 9.63. The van der Waals surface area contributed by atoms with Gasteiger partial charge >= 0.3 is 6.09 Å². The third-order valence-electron chi connectivity index (χ3n) is 11.3. The molecule has 3 saturated heterocycles. The highest BCUT2D eigenvalue weighted by Gasteiger charge is 2.60. The van der Waals surface area contributed by atoms with Crippen LogP contribution >= 0.6 is 0 Å². The van der Waals surface area contributed by atoms with E-state index in [9.17, 15) is 14.7 Å². The van der Waals surface area contributed by atoms with Crippen molar-refractivity contribution < 1.29 is 19.4 Å². The Morgan fingerprint density at radius 3 is 2.58 bits per heavy atom. The predicted molar refractivity (Wildman–Crippen MR) is 166 cm³/mol. The SMILES string of the molecule is CC(C)(C)OC(=O)N1CCC[C@H]1CN1CCC23CC[C@@H]4CN(C(=O)c5ccccc5)C(CCC1Cc1ccc(O)cc12)C43. The predicted octanol–water partition coefficient (Wildman–Crippen LogP) is 5.99. The van der Waals surface area contributed by atoms with E-state index in [0.717, 1.165) is 83.1 Å². The highest BCUT2D eigenvalue weighted by atomic mass is 16.6. The number of ether oxygens (including phenoxy) is 1. The smallest absolute Gasteiger partial charge is 0.410 e. The van der Waals surface area contributed by atoms with Gasteiger partial charge in [0.1, 0.15) is 11.4 Å². The summed E-state index contributed by atoms with van der Waals surface area (Å²) in [5.41, 5.74) is 2.90. The largest absolute Gasteiger partial charge is 0.508 e. The number of rotatable bonds is 3. The molecule has 8 rings (SSSR count). The molecule has 4 aliphatic heterocycles. The van der Waals surface area contributed by atoms with Gasteiger partial charge in [0, 0.05) is 48.7 Å². The lowest BCUT2D eigenvalue weighted by molar-refractivity contribution is 0.0172. The molecular formula is C36H47N3O4. The van der Waals surface area contributed by atoms with E-state index in [-0.39, 0.29) is 29.5 Å². The van der Waals surface area contributed by atoms with E-state index in [1.807, 2.05) is 62.1 Å². The van der Waals surface area contributed by atoms with Crippen LogP contribution in [0.15, 0.2) is 48.5 Å². The lowest BCUT2D eigenvalue weighted by Gasteiger charge is -2.44. The van der Waals surface area contributed by atoms with Crippen LogP contribution in [0.2, 0.25) is 0 Å². The van der Waals surface area contributed by atoms with Crippen molar-refractivity contribution in [3.8, 4) is 5.75 Å². The zero-order valence-electron chi connectivity index (χ0n) is 26.0. The Morgan fingerprint density at radius 1 is 0.977 bits per heavy atom. The number of amides is 2. The zero-order chi connectivity index (χ0) is 29.9. The van der Waals surface area contributed by atoms with E-state index >= 15 is 0 Å². The van der Waals surface area contributed by atoms with Gasteiger partial charge in [-0.05, 0) is 126 Å². The minimum absolute atomic E-state index is 0.0663. The number of carbonyl (C=O) groups excluding carboxylic acids is 2. The average molecular weight is 586 g/mol. The highest BCUT2D eigenvalue weighted by Crippen LogP contribution is 2.60. The molecule has 6 atom stereocenters. The van der Waals surface area contributed by atoms with Crippen LogP contribution in [0.5, 0.6) is 5.75 Å². The number of hydrogen-bond acceptors (Lipinski definition) is 5. The Balaban J connectivity index is 1.23. The molecule has 7 nitrogen and oxygen atoms in total. The van der Waals surface area contributed by atoms with Gasteiger partial charge in [-0.1, -0.05) is 24.3 Å².